The van der Waals surface area contributed by atoms with Crippen molar-refractivity contribution < 1.29 is 9.53 Å². The maximum atomic E-state index is 11.8. The van der Waals surface area contributed by atoms with E-state index in [1.54, 1.807) is 4.90 Å². The predicted molar refractivity (Wildman–Crippen MR) is 95.2 cm³/mol. The fraction of sp³-hybridized carbons (Fsp3) is 0.947. The Morgan fingerprint density at radius 2 is 1.50 bits per heavy atom. The van der Waals surface area contributed by atoms with Crippen molar-refractivity contribution in [2.24, 2.45) is 5.92 Å². The molecular formula is C19H39NO2. The van der Waals surface area contributed by atoms with Crippen molar-refractivity contribution in [2.45, 2.75) is 105 Å². The molecule has 0 unspecified atom stereocenters. The van der Waals surface area contributed by atoms with Crippen molar-refractivity contribution in [3.63, 3.8) is 0 Å². The minimum atomic E-state index is -0.396. The summed E-state index contributed by atoms with van der Waals surface area (Å²) in [6.45, 7) is 12.5. The summed E-state index contributed by atoms with van der Waals surface area (Å²) in [4.78, 5) is 13.6. The number of carbonyl (C=O) groups excluding carboxylic acids is 1. The smallest absolute Gasteiger partial charge is 0.410 e. The van der Waals surface area contributed by atoms with Crippen LogP contribution in [0.5, 0.6) is 0 Å². The number of rotatable bonds is 4. The number of hydrogen-bond acceptors (Lipinski definition) is 2. The van der Waals surface area contributed by atoms with Gasteiger partial charge in [0.05, 0.1) is 0 Å². The maximum Gasteiger partial charge on any atom is 0.410 e. The van der Waals surface area contributed by atoms with E-state index in [0.717, 1.165) is 18.8 Å². The van der Waals surface area contributed by atoms with Gasteiger partial charge in [-0.25, -0.2) is 4.79 Å². The Kier molecular flexibility index (Phi) is 10.5. The maximum absolute atomic E-state index is 11.8. The number of unbranched alkanes of at least 4 members (excludes halogenated alkanes) is 3. The second-order valence-corrected chi connectivity index (χ2v) is 7.71. The highest BCUT2D eigenvalue weighted by molar-refractivity contribution is 5.68. The number of carbonyl (C=O) groups is 1. The van der Waals surface area contributed by atoms with Gasteiger partial charge in [-0.2, -0.15) is 0 Å². The molecule has 0 bridgehead atoms. The highest BCUT2D eigenvalue weighted by atomic mass is 16.6. The molecule has 0 aromatic carbocycles. The van der Waals surface area contributed by atoms with Crippen molar-refractivity contribution in [1.29, 1.82) is 0 Å². The van der Waals surface area contributed by atoms with Gasteiger partial charge in [0.1, 0.15) is 5.60 Å². The minimum absolute atomic E-state index is 0.188. The van der Waals surface area contributed by atoms with Crippen LogP contribution in [0.15, 0.2) is 0 Å². The molecule has 0 heterocycles. The first-order valence-corrected chi connectivity index (χ1v) is 9.17. The molecule has 1 aliphatic carbocycles. The van der Waals surface area contributed by atoms with E-state index in [2.05, 4.69) is 20.8 Å². The molecule has 0 aromatic heterocycles. The fourth-order valence-corrected chi connectivity index (χ4v) is 2.61. The van der Waals surface area contributed by atoms with Gasteiger partial charge in [0.25, 0.3) is 0 Å². The van der Waals surface area contributed by atoms with E-state index in [0.29, 0.717) is 6.04 Å². The minimum Gasteiger partial charge on any atom is -0.444 e. The number of ether oxygens (including phenoxy) is 1. The lowest BCUT2D eigenvalue weighted by Gasteiger charge is -2.34. The van der Waals surface area contributed by atoms with E-state index in [1.807, 2.05) is 27.8 Å². The lowest BCUT2D eigenvalue weighted by atomic mass is 9.87. The lowest BCUT2D eigenvalue weighted by molar-refractivity contribution is 0.0175. The topological polar surface area (TPSA) is 29.5 Å². The Hall–Kier alpha value is -0.730. The van der Waals surface area contributed by atoms with Crippen molar-refractivity contribution in [1.82, 2.24) is 4.90 Å². The molecule has 1 amide bonds. The molecule has 0 aliphatic heterocycles. The number of hydrogen-bond donors (Lipinski definition) is 0. The fourth-order valence-electron chi connectivity index (χ4n) is 2.61. The summed E-state index contributed by atoms with van der Waals surface area (Å²) in [5, 5.41) is 0. The van der Waals surface area contributed by atoms with Gasteiger partial charge in [0.2, 0.25) is 0 Å². The Bertz CT molecular complexity index is 284. The molecule has 3 heteroatoms. The average Bonchev–Trinajstić information content (AvgIpc) is 2.44. The lowest BCUT2D eigenvalue weighted by Crippen LogP contribution is -2.42. The highest BCUT2D eigenvalue weighted by Gasteiger charge is 2.27. The van der Waals surface area contributed by atoms with Gasteiger partial charge in [-0.3, -0.25) is 0 Å². The van der Waals surface area contributed by atoms with Gasteiger partial charge in [0, 0.05) is 13.1 Å². The zero-order valence-corrected chi connectivity index (χ0v) is 16.1. The molecule has 1 rings (SSSR count). The third kappa shape index (κ3) is 10.1. The highest BCUT2D eigenvalue weighted by Crippen LogP contribution is 2.27. The Morgan fingerprint density at radius 1 is 1.05 bits per heavy atom. The first-order valence-electron chi connectivity index (χ1n) is 9.17. The van der Waals surface area contributed by atoms with E-state index in [9.17, 15) is 4.79 Å². The van der Waals surface area contributed by atoms with Crippen LogP contribution in [-0.2, 0) is 4.74 Å². The molecule has 3 nitrogen and oxygen atoms in total. The summed E-state index contributed by atoms with van der Waals surface area (Å²) in [6, 6.07) is 0.367. The van der Waals surface area contributed by atoms with Gasteiger partial charge < -0.3 is 9.64 Å². The SMILES string of the molecule is CC1CCC(N(C)C(=O)OC(C)(C)C)CC1.CCCCCC. The molecule has 132 valence electrons. The van der Waals surface area contributed by atoms with E-state index in [-0.39, 0.29) is 6.09 Å². The standard InChI is InChI=1S/C13H25NO2.C6H14/c1-10-6-8-11(9-7-10)14(5)12(15)16-13(2,3)4;1-3-5-6-4-2/h10-11H,6-9H2,1-5H3;3-6H2,1-2H3. The Labute approximate surface area is 138 Å². The summed E-state index contributed by atoms with van der Waals surface area (Å²) in [7, 11) is 1.86. The van der Waals surface area contributed by atoms with Crippen molar-refractivity contribution in [3.05, 3.63) is 0 Å². The largest absolute Gasteiger partial charge is 0.444 e. The van der Waals surface area contributed by atoms with Crippen LogP contribution in [0.3, 0.4) is 0 Å². The third-order valence-electron chi connectivity index (χ3n) is 4.17. The molecule has 0 atom stereocenters. The molecule has 1 saturated carbocycles. The summed E-state index contributed by atoms with van der Waals surface area (Å²) in [5.74, 6) is 0.809. The van der Waals surface area contributed by atoms with Gasteiger partial charge in [-0.05, 0) is 52.4 Å². The van der Waals surface area contributed by atoms with E-state index >= 15 is 0 Å². The predicted octanol–water partition coefficient (Wildman–Crippen LogP) is 6.02. The van der Waals surface area contributed by atoms with E-state index in [1.165, 1.54) is 38.5 Å². The van der Waals surface area contributed by atoms with Crippen molar-refractivity contribution in [2.75, 3.05) is 7.05 Å². The number of nitrogens with zero attached hydrogens (tertiary/aromatic N) is 1. The van der Waals surface area contributed by atoms with Crippen LogP contribution < -0.4 is 0 Å². The third-order valence-corrected chi connectivity index (χ3v) is 4.17. The molecule has 0 saturated heterocycles. The molecule has 0 radical (unpaired) electrons. The summed E-state index contributed by atoms with van der Waals surface area (Å²) < 4.78 is 5.37. The molecular weight excluding hydrogens is 274 g/mol. The van der Waals surface area contributed by atoms with Crippen LogP contribution in [0.2, 0.25) is 0 Å². The average molecular weight is 314 g/mol. The summed E-state index contributed by atoms with van der Waals surface area (Å²) in [5.41, 5.74) is -0.396. The van der Waals surface area contributed by atoms with Crippen LogP contribution in [0.1, 0.15) is 92.9 Å². The van der Waals surface area contributed by atoms with Gasteiger partial charge in [-0.15, -0.1) is 0 Å². The summed E-state index contributed by atoms with van der Waals surface area (Å²) >= 11 is 0. The Balaban J connectivity index is 0.000000626. The van der Waals surface area contributed by atoms with Crippen molar-refractivity contribution in [3.8, 4) is 0 Å². The molecule has 1 fully saturated rings. The normalized spacial score (nSPS) is 21.6. The summed E-state index contributed by atoms with van der Waals surface area (Å²) in [6.07, 6.45) is 10.0. The second-order valence-electron chi connectivity index (χ2n) is 7.71. The second kappa shape index (κ2) is 10.9. The molecule has 0 aromatic rings. The first-order chi connectivity index (χ1) is 10.2. The van der Waals surface area contributed by atoms with Crippen LogP contribution >= 0.6 is 0 Å². The molecule has 0 spiro atoms. The monoisotopic (exact) mass is 313 g/mol. The van der Waals surface area contributed by atoms with Crippen molar-refractivity contribution >= 4 is 6.09 Å². The quantitative estimate of drug-likeness (QED) is 0.594. The first kappa shape index (κ1) is 21.3. The van der Waals surface area contributed by atoms with Crippen LogP contribution in [0, 0.1) is 5.92 Å². The van der Waals surface area contributed by atoms with Crippen LogP contribution in [0.25, 0.3) is 0 Å². The number of amides is 1. The molecule has 0 N–H and O–H groups in total. The van der Waals surface area contributed by atoms with E-state index < -0.39 is 5.60 Å². The van der Waals surface area contributed by atoms with Crippen LogP contribution in [-0.4, -0.2) is 29.7 Å². The van der Waals surface area contributed by atoms with Crippen LogP contribution in [0.4, 0.5) is 4.79 Å². The zero-order chi connectivity index (χ0) is 17.2. The van der Waals surface area contributed by atoms with Gasteiger partial charge in [0.15, 0.2) is 0 Å². The molecule has 1 aliphatic rings. The Morgan fingerprint density at radius 3 is 1.86 bits per heavy atom. The van der Waals surface area contributed by atoms with E-state index in [4.69, 9.17) is 4.74 Å². The van der Waals surface area contributed by atoms with Gasteiger partial charge in [-0.1, -0.05) is 46.5 Å². The zero-order valence-electron chi connectivity index (χ0n) is 16.1. The van der Waals surface area contributed by atoms with Gasteiger partial charge >= 0.3 is 6.09 Å². The molecule has 22 heavy (non-hydrogen) atoms.